The molecule has 0 spiro atoms. The molecule has 0 atom stereocenters. The van der Waals surface area contributed by atoms with Crippen LogP contribution in [-0.4, -0.2) is 40.8 Å². The lowest BCUT2D eigenvalue weighted by atomic mass is 10.2. The number of amides is 2. The second-order valence-corrected chi connectivity index (χ2v) is 6.75. The Labute approximate surface area is 160 Å². The van der Waals surface area contributed by atoms with Crippen LogP contribution in [0.25, 0.3) is 11.0 Å². The predicted molar refractivity (Wildman–Crippen MR) is 106 cm³/mol. The molecule has 0 aliphatic carbocycles. The molecule has 3 N–H and O–H groups in total. The molecule has 1 heterocycles. The first-order valence-electron chi connectivity index (χ1n) is 8.35. The molecule has 7 nitrogen and oxygen atoms in total. The van der Waals surface area contributed by atoms with Gasteiger partial charge in [0.05, 0.1) is 23.4 Å². The fourth-order valence-corrected chi connectivity index (χ4v) is 3.45. The number of hydrogen-bond acceptors (Lipinski definition) is 5. The van der Waals surface area contributed by atoms with Crippen LogP contribution in [0, 0.1) is 0 Å². The van der Waals surface area contributed by atoms with Gasteiger partial charge in [-0.1, -0.05) is 23.9 Å². The summed E-state index contributed by atoms with van der Waals surface area (Å²) in [5, 5.41) is 3.57. The number of rotatable bonds is 8. The molecule has 2 aromatic carbocycles. The van der Waals surface area contributed by atoms with Gasteiger partial charge in [-0.25, -0.2) is 4.98 Å². The van der Waals surface area contributed by atoms with Gasteiger partial charge in [-0.3, -0.25) is 9.59 Å². The van der Waals surface area contributed by atoms with Crippen molar-refractivity contribution in [1.82, 2.24) is 9.55 Å². The smallest absolute Gasteiger partial charge is 0.248 e. The number of carbonyl (C=O) groups excluding carboxylic acids is 2. The summed E-state index contributed by atoms with van der Waals surface area (Å²) >= 11 is 1.37. The average Bonchev–Trinajstić information content (AvgIpc) is 3.02. The van der Waals surface area contributed by atoms with E-state index in [2.05, 4.69) is 14.9 Å². The Balaban J connectivity index is 1.66. The van der Waals surface area contributed by atoms with E-state index < -0.39 is 5.91 Å². The normalized spacial score (nSPS) is 10.9. The Hall–Kier alpha value is -2.84. The van der Waals surface area contributed by atoms with Gasteiger partial charge in [0.2, 0.25) is 11.8 Å². The number of aromatic nitrogens is 2. The van der Waals surface area contributed by atoms with Crippen LogP contribution in [0.2, 0.25) is 0 Å². The van der Waals surface area contributed by atoms with Crippen LogP contribution >= 0.6 is 11.8 Å². The summed E-state index contributed by atoms with van der Waals surface area (Å²) in [6.45, 7) is 1.22. The van der Waals surface area contributed by atoms with E-state index in [0.717, 1.165) is 16.2 Å². The van der Waals surface area contributed by atoms with Crippen LogP contribution in [0.3, 0.4) is 0 Å². The molecule has 0 aliphatic heterocycles. The Morgan fingerprint density at radius 1 is 1.19 bits per heavy atom. The van der Waals surface area contributed by atoms with Gasteiger partial charge in [-0.15, -0.1) is 0 Å². The topological polar surface area (TPSA) is 99.2 Å². The maximum atomic E-state index is 12.3. The Morgan fingerprint density at radius 2 is 1.93 bits per heavy atom. The first-order valence-corrected chi connectivity index (χ1v) is 9.34. The molecule has 8 heteroatoms. The van der Waals surface area contributed by atoms with E-state index in [1.807, 2.05) is 24.3 Å². The van der Waals surface area contributed by atoms with Crippen LogP contribution in [0.1, 0.15) is 10.4 Å². The number of hydrogen-bond donors (Lipinski definition) is 2. The van der Waals surface area contributed by atoms with Crippen molar-refractivity contribution in [2.24, 2.45) is 5.73 Å². The summed E-state index contributed by atoms with van der Waals surface area (Å²) in [5.74, 6) is -0.441. The molecule has 3 rings (SSSR count). The molecule has 0 saturated carbocycles. The molecule has 0 saturated heterocycles. The highest BCUT2D eigenvalue weighted by molar-refractivity contribution is 7.99. The van der Waals surface area contributed by atoms with E-state index in [9.17, 15) is 9.59 Å². The molecule has 27 heavy (non-hydrogen) atoms. The first kappa shape index (κ1) is 18.9. The van der Waals surface area contributed by atoms with Gasteiger partial charge >= 0.3 is 0 Å². The Kier molecular flexibility index (Phi) is 6.10. The van der Waals surface area contributed by atoms with Gasteiger partial charge in [0.1, 0.15) is 0 Å². The lowest BCUT2D eigenvalue weighted by molar-refractivity contribution is -0.113. The molecule has 140 valence electrons. The molecule has 3 aromatic rings. The molecular formula is C19H20N4O3S. The highest BCUT2D eigenvalue weighted by Crippen LogP contribution is 2.24. The summed E-state index contributed by atoms with van der Waals surface area (Å²) in [6.07, 6.45) is 0. The van der Waals surface area contributed by atoms with Crippen LogP contribution in [0.15, 0.2) is 53.7 Å². The van der Waals surface area contributed by atoms with Gasteiger partial charge in [0.15, 0.2) is 5.16 Å². The number of nitrogens with one attached hydrogen (secondary N) is 1. The number of anilines is 1. The van der Waals surface area contributed by atoms with Crippen molar-refractivity contribution in [2.45, 2.75) is 11.7 Å². The van der Waals surface area contributed by atoms with Gasteiger partial charge in [-0.05, 0) is 36.4 Å². The summed E-state index contributed by atoms with van der Waals surface area (Å²) in [5.41, 5.74) is 8.12. The molecule has 0 bridgehead atoms. The maximum Gasteiger partial charge on any atom is 0.248 e. The maximum absolute atomic E-state index is 12.3. The molecule has 0 unspecified atom stereocenters. The van der Waals surface area contributed by atoms with Crippen molar-refractivity contribution >= 4 is 40.3 Å². The highest BCUT2D eigenvalue weighted by Gasteiger charge is 2.13. The van der Waals surface area contributed by atoms with Crippen molar-refractivity contribution in [3.63, 3.8) is 0 Å². The minimum atomic E-state index is -0.501. The monoisotopic (exact) mass is 384 g/mol. The van der Waals surface area contributed by atoms with Gasteiger partial charge in [0, 0.05) is 24.9 Å². The number of ether oxygens (including phenoxy) is 1. The molecule has 1 aromatic heterocycles. The zero-order valence-electron chi connectivity index (χ0n) is 14.8. The number of benzene rings is 2. The largest absolute Gasteiger partial charge is 0.383 e. The number of nitrogens with zero attached hydrogens (tertiary/aromatic N) is 2. The fourth-order valence-electron chi connectivity index (χ4n) is 2.61. The second-order valence-electron chi connectivity index (χ2n) is 5.81. The third-order valence-electron chi connectivity index (χ3n) is 3.92. The average molecular weight is 384 g/mol. The zero-order valence-corrected chi connectivity index (χ0v) is 15.7. The summed E-state index contributed by atoms with van der Waals surface area (Å²) in [6, 6.07) is 14.3. The van der Waals surface area contributed by atoms with E-state index in [1.54, 1.807) is 31.4 Å². The Bertz CT molecular complexity index is 953. The molecule has 0 radical (unpaired) electrons. The minimum Gasteiger partial charge on any atom is -0.383 e. The molecule has 0 fully saturated rings. The number of thioether (sulfide) groups is 1. The zero-order chi connectivity index (χ0) is 19.2. The lowest BCUT2D eigenvalue weighted by Gasteiger charge is -2.09. The quantitative estimate of drug-likeness (QED) is 0.582. The number of fused-ring (bicyclic) bond motifs is 1. The summed E-state index contributed by atoms with van der Waals surface area (Å²) < 4.78 is 7.23. The van der Waals surface area contributed by atoms with Crippen molar-refractivity contribution < 1.29 is 14.3 Å². The molecule has 0 aliphatic rings. The second kappa shape index (κ2) is 8.70. The number of carbonyl (C=O) groups is 2. The minimum absolute atomic E-state index is 0.155. The third-order valence-corrected chi connectivity index (χ3v) is 4.90. The van der Waals surface area contributed by atoms with Gasteiger partial charge < -0.3 is 20.4 Å². The van der Waals surface area contributed by atoms with E-state index in [0.29, 0.717) is 24.4 Å². The lowest BCUT2D eigenvalue weighted by Crippen LogP contribution is -2.15. The van der Waals surface area contributed by atoms with Crippen LogP contribution in [-0.2, 0) is 16.1 Å². The van der Waals surface area contributed by atoms with E-state index in [4.69, 9.17) is 10.5 Å². The number of primary amides is 1. The van der Waals surface area contributed by atoms with Crippen molar-refractivity contribution in [1.29, 1.82) is 0 Å². The van der Waals surface area contributed by atoms with Crippen molar-refractivity contribution in [3.8, 4) is 0 Å². The predicted octanol–water partition coefficient (Wildman–Crippen LogP) is 2.51. The van der Waals surface area contributed by atoms with Crippen LogP contribution in [0.5, 0.6) is 0 Å². The molecule has 2 amide bonds. The number of methoxy groups -OCH3 is 1. The fraction of sp³-hybridized carbons (Fsp3) is 0.211. The van der Waals surface area contributed by atoms with Crippen LogP contribution in [0.4, 0.5) is 5.69 Å². The Morgan fingerprint density at radius 3 is 2.63 bits per heavy atom. The SMILES string of the molecule is COCCn1c(SCC(=O)Nc2ccc(C(N)=O)cc2)nc2ccccc21. The van der Waals surface area contributed by atoms with Gasteiger partial charge in [-0.2, -0.15) is 0 Å². The summed E-state index contributed by atoms with van der Waals surface area (Å²) in [7, 11) is 1.66. The van der Waals surface area contributed by atoms with Crippen molar-refractivity contribution in [2.75, 3.05) is 24.8 Å². The van der Waals surface area contributed by atoms with Crippen molar-refractivity contribution in [3.05, 3.63) is 54.1 Å². The third kappa shape index (κ3) is 4.66. The molecular weight excluding hydrogens is 364 g/mol. The van der Waals surface area contributed by atoms with E-state index in [1.165, 1.54) is 11.8 Å². The van der Waals surface area contributed by atoms with Gasteiger partial charge in [0.25, 0.3) is 0 Å². The number of imidazole rings is 1. The van der Waals surface area contributed by atoms with E-state index >= 15 is 0 Å². The first-order chi connectivity index (χ1) is 13.1. The standard InChI is InChI=1S/C19H20N4O3S/c1-26-11-10-23-16-5-3-2-4-15(16)22-19(23)27-12-17(24)21-14-8-6-13(7-9-14)18(20)25/h2-9H,10-12H2,1H3,(H2,20,25)(H,21,24). The van der Waals surface area contributed by atoms with E-state index in [-0.39, 0.29) is 11.7 Å². The van der Waals surface area contributed by atoms with Crippen LogP contribution < -0.4 is 11.1 Å². The highest BCUT2D eigenvalue weighted by atomic mass is 32.2. The number of para-hydroxylation sites is 2. The number of nitrogens with two attached hydrogens (primary N) is 1. The summed E-state index contributed by atoms with van der Waals surface area (Å²) in [4.78, 5) is 28.0.